The molecule has 154 valence electrons. The van der Waals surface area contributed by atoms with Gasteiger partial charge in [0.2, 0.25) is 5.78 Å². The second-order valence-electron chi connectivity index (χ2n) is 9.75. The highest BCUT2D eigenvalue weighted by molar-refractivity contribution is 6.05. The van der Waals surface area contributed by atoms with Crippen LogP contribution in [0, 0.1) is 11.3 Å². The Hall–Kier alpha value is -1.77. The SMILES string of the molecule is CC(=O)OCC[C@]12O[C@H]1[C@@H]1O[C@@]13[C@@]1(C)CCC4=C(COC4=O)[C@@H]1C[C@@H]1O[C@@]13C2=O. The van der Waals surface area contributed by atoms with Gasteiger partial charge in [0.25, 0.3) is 0 Å². The van der Waals surface area contributed by atoms with Crippen LogP contribution in [-0.2, 0) is 38.1 Å². The van der Waals surface area contributed by atoms with Gasteiger partial charge in [-0.15, -0.1) is 0 Å². The van der Waals surface area contributed by atoms with Gasteiger partial charge in [-0.05, 0) is 30.8 Å². The maximum absolute atomic E-state index is 13.7. The third-order valence-corrected chi connectivity index (χ3v) is 8.82. The number of fused-ring (bicyclic) bond motifs is 4. The van der Waals surface area contributed by atoms with Gasteiger partial charge in [0.15, 0.2) is 11.2 Å². The highest BCUT2D eigenvalue weighted by atomic mass is 16.7. The number of hydrogen-bond donors (Lipinski definition) is 0. The summed E-state index contributed by atoms with van der Waals surface area (Å²) in [5, 5.41) is 0. The zero-order chi connectivity index (χ0) is 20.0. The normalized spacial score (nSPS) is 54.8. The van der Waals surface area contributed by atoms with E-state index in [0.29, 0.717) is 25.9 Å². The molecule has 0 unspecified atom stereocenters. The van der Waals surface area contributed by atoms with Gasteiger partial charge in [-0.3, -0.25) is 9.59 Å². The third-order valence-electron chi connectivity index (χ3n) is 8.82. The van der Waals surface area contributed by atoms with Crippen LogP contribution in [0.4, 0.5) is 0 Å². The Bertz CT molecular complexity index is 954. The van der Waals surface area contributed by atoms with Gasteiger partial charge in [-0.2, -0.15) is 0 Å². The van der Waals surface area contributed by atoms with Crippen LogP contribution in [0.2, 0.25) is 0 Å². The molecule has 0 aromatic heterocycles. The molecule has 7 aliphatic rings. The Morgan fingerprint density at radius 3 is 2.83 bits per heavy atom. The summed E-state index contributed by atoms with van der Waals surface area (Å²) in [6, 6.07) is 0. The summed E-state index contributed by atoms with van der Waals surface area (Å²) >= 11 is 0. The molecule has 0 aromatic rings. The molecule has 3 aliphatic carbocycles. The molecule has 0 amide bonds. The average Bonchev–Trinajstić information content (AvgIpc) is 3.57. The van der Waals surface area contributed by atoms with E-state index >= 15 is 0 Å². The molecule has 4 aliphatic heterocycles. The van der Waals surface area contributed by atoms with Crippen LogP contribution in [0.3, 0.4) is 0 Å². The molecule has 4 heterocycles. The van der Waals surface area contributed by atoms with Gasteiger partial charge in [-0.1, -0.05) is 6.92 Å². The number of carbonyl (C=O) groups excluding carboxylic acids is 3. The van der Waals surface area contributed by atoms with Crippen LogP contribution in [0.25, 0.3) is 0 Å². The van der Waals surface area contributed by atoms with Crippen molar-refractivity contribution in [1.82, 2.24) is 0 Å². The summed E-state index contributed by atoms with van der Waals surface area (Å²) in [4.78, 5) is 37.0. The predicted octanol–water partition coefficient (Wildman–Crippen LogP) is 0.608. The average molecular weight is 402 g/mol. The van der Waals surface area contributed by atoms with Crippen LogP contribution in [0.15, 0.2) is 11.1 Å². The molecule has 0 radical (unpaired) electrons. The van der Waals surface area contributed by atoms with Crippen molar-refractivity contribution in [2.24, 2.45) is 11.3 Å². The number of ether oxygens (including phenoxy) is 5. The smallest absolute Gasteiger partial charge is 0.334 e. The van der Waals surface area contributed by atoms with Crippen molar-refractivity contribution >= 4 is 17.7 Å². The van der Waals surface area contributed by atoms with Crippen LogP contribution >= 0.6 is 0 Å². The second kappa shape index (κ2) is 4.60. The summed E-state index contributed by atoms with van der Waals surface area (Å²) < 4.78 is 29.0. The van der Waals surface area contributed by atoms with E-state index in [4.69, 9.17) is 23.7 Å². The van der Waals surface area contributed by atoms with E-state index in [0.717, 1.165) is 17.6 Å². The molecule has 8 heteroatoms. The summed E-state index contributed by atoms with van der Waals surface area (Å²) in [6.07, 6.45) is 1.71. The molecule has 0 bridgehead atoms. The van der Waals surface area contributed by atoms with Crippen molar-refractivity contribution in [2.75, 3.05) is 13.2 Å². The molecule has 3 saturated heterocycles. The second-order valence-corrected chi connectivity index (χ2v) is 9.75. The molecule has 5 fully saturated rings. The van der Waals surface area contributed by atoms with Gasteiger partial charge < -0.3 is 23.7 Å². The minimum absolute atomic E-state index is 0.0425. The number of carbonyl (C=O) groups is 3. The van der Waals surface area contributed by atoms with Gasteiger partial charge in [-0.25, -0.2) is 4.79 Å². The topological polar surface area (TPSA) is 107 Å². The lowest BCUT2D eigenvalue weighted by molar-refractivity contribution is -0.144. The quantitative estimate of drug-likeness (QED) is 0.499. The van der Waals surface area contributed by atoms with Crippen LogP contribution in [0.1, 0.15) is 39.5 Å². The number of Topliss-reactive ketones (excluding diaryl/α,β-unsaturated/α-hetero) is 1. The molecule has 2 spiro atoms. The fourth-order valence-electron chi connectivity index (χ4n) is 7.41. The number of rotatable bonds is 3. The van der Waals surface area contributed by atoms with Crippen molar-refractivity contribution < 1.29 is 38.1 Å². The molecule has 0 aromatic carbocycles. The lowest BCUT2D eigenvalue weighted by Gasteiger charge is -2.51. The van der Waals surface area contributed by atoms with E-state index in [1.807, 2.05) is 0 Å². The van der Waals surface area contributed by atoms with Crippen molar-refractivity contribution in [3.05, 3.63) is 11.1 Å². The third kappa shape index (κ3) is 1.56. The maximum Gasteiger partial charge on any atom is 0.334 e. The number of cyclic esters (lactones) is 1. The molecule has 0 N–H and O–H groups in total. The minimum Gasteiger partial charge on any atom is -0.466 e. The lowest BCUT2D eigenvalue weighted by atomic mass is 9.47. The summed E-state index contributed by atoms with van der Waals surface area (Å²) in [6.45, 7) is 4.03. The molecule has 2 saturated carbocycles. The van der Waals surface area contributed by atoms with E-state index < -0.39 is 16.8 Å². The first-order valence-electron chi connectivity index (χ1n) is 10.4. The van der Waals surface area contributed by atoms with E-state index in [1.54, 1.807) is 0 Å². The van der Waals surface area contributed by atoms with Crippen molar-refractivity contribution in [2.45, 2.75) is 74.6 Å². The van der Waals surface area contributed by atoms with Crippen LogP contribution in [-0.4, -0.2) is 66.1 Å². The Kier molecular flexibility index (Phi) is 2.69. The summed E-state index contributed by atoms with van der Waals surface area (Å²) in [5.41, 5.74) is -1.03. The van der Waals surface area contributed by atoms with Gasteiger partial charge >= 0.3 is 11.9 Å². The number of ketones is 1. The molecular formula is C21H22O8. The van der Waals surface area contributed by atoms with Crippen molar-refractivity contribution in [3.8, 4) is 0 Å². The first-order chi connectivity index (χ1) is 13.8. The highest BCUT2D eigenvalue weighted by Gasteiger charge is 3.00. The largest absolute Gasteiger partial charge is 0.466 e. The first-order valence-corrected chi connectivity index (χ1v) is 10.4. The maximum atomic E-state index is 13.7. The standard InChI is InChI=1S/C21H22O8/c1-9(22)25-6-5-19-14(28-19)15-21(29-15)18(2)4-3-10-11(8-26-16(10)23)12(18)7-13-20(21,27-13)17(19)24/h12-15H,3-8H2,1-2H3/t12-,13-,14-,15-,18-,19-,20+,21+/m0/s1. The van der Waals surface area contributed by atoms with E-state index in [9.17, 15) is 14.4 Å². The summed E-state index contributed by atoms with van der Waals surface area (Å²) in [5.74, 6) is -0.496. The molecular weight excluding hydrogens is 380 g/mol. The summed E-state index contributed by atoms with van der Waals surface area (Å²) in [7, 11) is 0. The first kappa shape index (κ1) is 17.0. The van der Waals surface area contributed by atoms with Crippen molar-refractivity contribution in [1.29, 1.82) is 0 Å². The monoisotopic (exact) mass is 402 g/mol. The van der Waals surface area contributed by atoms with E-state index in [-0.39, 0.29) is 54.0 Å². The molecule has 7 rings (SSSR count). The molecule has 8 atom stereocenters. The van der Waals surface area contributed by atoms with Gasteiger partial charge in [0.05, 0.1) is 12.7 Å². The van der Waals surface area contributed by atoms with Crippen LogP contribution in [0.5, 0.6) is 0 Å². The predicted molar refractivity (Wildman–Crippen MR) is 92.5 cm³/mol. The van der Waals surface area contributed by atoms with Gasteiger partial charge in [0, 0.05) is 24.3 Å². The Labute approximate surface area is 166 Å². The molecule has 29 heavy (non-hydrogen) atoms. The highest BCUT2D eigenvalue weighted by Crippen LogP contribution is 2.81. The van der Waals surface area contributed by atoms with E-state index in [1.165, 1.54) is 6.92 Å². The Morgan fingerprint density at radius 2 is 2.03 bits per heavy atom. The minimum atomic E-state index is -0.965. The zero-order valence-corrected chi connectivity index (χ0v) is 16.3. The Morgan fingerprint density at radius 1 is 1.21 bits per heavy atom. The number of esters is 2. The zero-order valence-electron chi connectivity index (χ0n) is 16.3. The number of epoxide rings is 3. The van der Waals surface area contributed by atoms with Crippen LogP contribution < -0.4 is 0 Å². The molecule has 8 nitrogen and oxygen atoms in total. The lowest BCUT2D eigenvalue weighted by Crippen LogP contribution is -2.67. The fraction of sp³-hybridized carbons (Fsp3) is 0.762. The van der Waals surface area contributed by atoms with E-state index in [2.05, 4.69) is 6.92 Å². The number of hydrogen-bond acceptors (Lipinski definition) is 8. The van der Waals surface area contributed by atoms with Gasteiger partial charge in [0.1, 0.15) is 24.4 Å². The Balaban J connectivity index is 1.27. The van der Waals surface area contributed by atoms with Crippen molar-refractivity contribution in [3.63, 3.8) is 0 Å². The fourth-order valence-corrected chi connectivity index (χ4v) is 7.41.